The molecule has 0 spiro atoms. The largest absolute Gasteiger partial charge is 0.463 e. The number of cyclic esters (lactones) is 1. The van der Waals surface area contributed by atoms with Gasteiger partial charge in [-0.2, -0.15) is 5.06 Å². The number of hydrogen-bond acceptors (Lipinski definition) is 6. The van der Waals surface area contributed by atoms with E-state index in [-0.39, 0.29) is 19.1 Å². The van der Waals surface area contributed by atoms with Crippen LogP contribution in [0.4, 0.5) is 0 Å². The predicted molar refractivity (Wildman–Crippen MR) is 70.0 cm³/mol. The van der Waals surface area contributed by atoms with E-state index in [1.165, 1.54) is 5.06 Å². The van der Waals surface area contributed by atoms with Crippen molar-refractivity contribution in [1.29, 1.82) is 0 Å². The zero-order valence-corrected chi connectivity index (χ0v) is 11.3. The summed E-state index contributed by atoms with van der Waals surface area (Å²) in [7, 11) is 0. The van der Waals surface area contributed by atoms with Crippen LogP contribution in [0.5, 0.6) is 0 Å². The third-order valence-corrected chi connectivity index (χ3v) is 4.04. The first-order valence-electron chi connectivity index (χ1n) is 6.62. The second-order valence-electron chi connectivity index (χ2n) is 5.38. The van der Waals surface area contributed by atoms with Gasteiger partial charge in [0.05, 0.1) is 19.1 Å². The summed E-state index contributed by atoms with van der Waals surface area (Å²) < 4.78 is 5.05. The summed E-state index contributed by atoms with van der Waals surface area (Å²) >= 11 is 0. The molecule has 3 atom stereocenters. The number of nitrogens with two attached hydrogens (primary N) is 1. The van der Waals surface area contributed by atoms with E-state index in [1.807, 2.05) is 31.2 Å². The van der Waals surface area contributed by atoms with E-state index in [0.717, 1.165) is 11.1 Å². The highest BCUT2D eigenvalue weighted by molar-refractivity contribution is 5.82. The smallest absolute Gasteiger partial charge is 0.344 e. The van der Waals surface area contributed by atoms with Gasteiger partial charge in [-0.25, -0.2) is 4.79 Å². The maximum Gasteiger partial charge on any atom is 0.344 e. The van der Waals surface area contributed by atoms with Crippen LogP contribution in [-0.2, 0) is 20.9 Å². The number of hydroxylamine groups is 2. The lowest BCUT2D eigenvalue weighted by atomic mass is 9.92. The number of nitrogens with zero attached hydrogens (tertiary/aromatic N) is 1. The van der Waals surface area contributed by atoms with Crippen molar-refractivity contribution in [3.63, 3.8) is 0 Å². The molecule has 3 N–H and O–H groups in total. The van der Waals surface area contributed by atoms with E-state index in [0.29, 0.717) is 6.54 Å². The molecule has 2 saturated heterocycles. The van der Waals surface area contributed by atoms with Crippen LogP contribution >= 0.6 is 0 Å². The number of ether oxygens (including phenoxy) is 1. The van der Waals surface area contributed by atoms with E-state index in [4.69, 9.17) is 15.3 Å². The average molecular weight is 278 g/mol. The lowest BCUT2D eigenvalue weighted by Crippen LogP contribution is -2.58. The van der Waals surface area contributed by atoms with Crippen LogP contribution < -0.4 is 5.73 Å². The van der Waals surface area contributed by atoms with Crippen LogP contribution in [0.15, 0.2) is 24.3 Å². The zero-order chi connectivity index (χ0) is 14.3. The standard InChI is InChI=1S/C14H18N2O4/c1-9-2-4-10(5-3-9)6-16-14(15)11(8-19-13(14)18)12(7-17)20-16/h2-5,11-12,17H,6-8,15H2,1H3/t11-,12?,14+/m1/s1. The zero-order valence-electron chi connectivity index (χ0n) is 11.3. The molecule has 108 valence electrons. The summed E-state index contributed by atoms with van der Waals surface area (Å²) in [4.78, 5) is 17.6. The minimum atomic E-state index is -1.31. The molecular formula is C14H18N2O4. The van der Waals surface area contributed by atoms with Gasteiger partial charge in [0.2, 0.25) is 5.66 Å². The summed E-state index contributed by atoms with van der Waals surface area (Å²) in [6.07, 6.45) is -0.503. The number of esters is 1. The normalized spacial score (nSPS) is 33.2. The van der Waals surface area contributed by atoms with Gasteiger partial charge in [0.25, 0.3) is 0 Å². The first-order chi connectivity index (χ1) is 9.55. The van der Waals surface area contributed by atoms with E-state index in [9.17, 15) is 9.90 Å². The van der Waals surface area contributed by atoms with Gasteiger partial charge in [-0.15, -0.1) is 0 Å². The van der Waals surface area contributed by atoms with Crippen molar-refractivity contribution < 1.29 is 19.5 Å². The second kappa shape index (κ2) is 4.82. The van der Waals surface area contributed by atoms with E-state index in [1.54, 1.807) is 0 Å². The van der Waals surface area contributed by atoms with Crippen LogP contribution in [-0.4, -0.2) is 41.1 Å². The van der Waals surface area contributed by atoms with Crippen molar-refractivity contribution in [2.45, 2.75) is 25.2 Å². The maximum atomic E-state index is 11.9. The summed E-state index contributed by atoms with van der Waals surface area (Å²) in [5.41, 5.74) is 7.04. The topological polar surface area (TPSA) is 85.0 Å². The summed E-state index contributed by atoms with van der Waals surface area (Å²) in [6, 6.07) is 7.90. The molecule has 0 amide bonds. The SMILES string of the molecule is Cc1ccc(CN2OC(CO)[C@H]3COC(=O)[C@]32N)cc1. The van der Waals surface area contributed by atoms with E-state index < -0.39 is 17.7 Å². The Hall–Kier alpha value is -1.47. The molecule has 1 unspecified atom stereocenters. The molecule has 2 aliphatic rings. The third kappa shape index (κ3) is 1.92. The Balaban J connectivity index is 1.85. The Bertz CT molecular complexity index is 518. The number of aliphatic hydroxyl groups is 1. The van der Waals surface area contributed by atoms with Crippen molar-refractivity contribution in [3.8, 4) is 0 Å². The fraction of sp³-hybridized carbons (Fsp3) is 0.500. The van der Waals surface area contributed by atoms with Gasteiger partial charge < -0.3 is 15.6 Å². The Morgan fingerprint density at radius 2 is 2.15 bits per heavy atom. The highest BCUT2D eigenvalue weighted by Crippen LogP contribution is 2.39. The van der Waals surface area contributed by atoms with Crippen LogP contribution in [0.2, 0.25) is 0 Å². The van der Waals surface area contributed by atoms with Gasteiger partial charge >= 0.3 is 5.97 Å². The highest BCUT2D eigenvalue weighted by atomic mass is 16.7. The molecule has 0 bridgehead atoms. The molecule has 0 radical (unpaired) electrons. The quantitative estimate of drug-likeness (QED) is 0.753. The number of aliphatic hydroxyl groups excluding tert-OH is 1. The average Bonchev–Trinajstić information content (AvgIpc) is 2.88. The van der Waals surface area contributed by atoms with Crippen molar-refractivity contribution in [2.75, 3.05) is 13.2 Å². The number of aryl methyl sites for hydroxylation is 1. The van der Waals surface area contributed by atoms with Crippen molar-refractivity contribution in [3.05, 3.63) is 35.4 Å². The summed E-state index contributed by atoms with van der Waals surface area (Å²) in [5, 5.41) is 10.8. The Morgan fingerprint density at radius 1 is 1.45 bits per heavy atom. The molecule has 0 aliphatic carbocycles. The second-order valence-corrected chi connectivity index (χ2v) is 5.38. The van der Waals surface area contributed by atoms with Gasteiger partial charge in [-0.3, -0.25) is 4.84 Å². The fourth-order valence-electron chi connectivity index (χ4n) is 2.75. The number of fused-ring (bicyclic) bond motifs is 1. The number of benzene rings is 1. The van der Waals surface area contributed by atoms with E-state index >= 15 is 0 Å². The summed E-state index contributed by atoms with van der Waals surface area (Å²) in [5.74, 6) is -0.837. The van der Waals surface area contributed by atoms with Crippen LogP contribution in [0.25, 0.3) is 0 Å². The first kappa shape index (κ1) is 13.5. The molecule has 0 aromatic heterocycles. The van der Waals surface area contributed by atoms with Crippen molar-refractivity contribution in [1.82, 2.24) is 5.06 Å². The number of carbonyl (C=O) groups excluding carboxylic acids is 1. The van der Waals surface area contributed by atoms with Crippen LogP contribution in [0.1, 0.15) is 11.1 Å². The molecule has 2 heterocycles. The van der Waals surface area contributed by atoms with Gasteiger partial charge in [0.1, 0.15) is 12.7 Å². The number of rotatable bonds is 3. The van der Waals surface area contributed by atoms with Crippen molar-refractivity contribution >= 4 is 5.97 Å². The lowest BCUT2D eigenvalue weighted by Gasteiger charge is -2.28. The first-order valence-corrected chi connectivity index (χ1v) is 6.62. The molecule has 20 heavy (non-hydrogen) atoms. The lowest BCUT2D eigenvalue weighted by molar-refractivity contribution is -0.210. The molecule has 2 aliphatic heterocycles. The van der Waals surface area contributed by atoms with E-state index in [2.05, 4.69) is 0 Å². The predicted octanol–water partition coefficient (Wildman–Crippen LogP) is -0.0689. The van der Waals surface area contributed by atoms with Gasteiger partial charge in [-0.05, 0) is 12.5 Å². The van der Waals surface area contributed by atoms with Crippen LogP contribution in [0, 0.1) is 12.8 Å². The molecule has 1 aromatic carbocycles. The molecule has 0 saturated carbocycles. The Morgan fingerprint density at radius 3 is 2.80 bits per heavy atom. The number of carbonyl (C=O) groups is 1. The molecule has 6 nitrogen and oxygen atoms in total. The molecule has 6 heteroatoms. The maximum absolute atomic E-state index is 11.9. The van der Waals surface area contributed by atoms with Gasteiger partial charge in [0, 0.05) is 0 Å². The Labute approximate surface area is 117 Å². The molecule has 2 fully saturated rings. The van der Waals surface area contributed by atoms with Crippen LogP contribution in [0.3, 0.4) is 0 Å². The Kier molecular flexibility index (Phi) is 3.25. The highest BCUT2D eigenvalue weighted by Gasteiger charge is 2.63. The fourth-order valence-corrected chi connectivity index (χ4v) is 2.75. The minimum absolute atomic E-state index is 0.185. The minimum Gasteiger partial charge on any atom is -0.463 e. The molecule has 1 aromatic rings. The molecule has 3 rings (SSSR count). The monoisotopic (exact) mass is 278 g/mol. The summed E-state index contributed by atoms with van der Waals surface area (Å²) in [6.45, 7) is 2.38. The molecular weight excluding hydrogens is 260 g/mol. The van der Waals surface area contributed by atoms with Gasteiger partial charge in [0.15, 0.2) is 0 Å². The third-order valence-electron chi connectivity index (χ3n) is 4.04. The van der Waals surface area contributed by atoms with Crippen molar-refractivity contribution in [2.24, 2.45) is 11.7 Å². The number of hydrogen-bond donors (Lipinski definition) is 2. The van der Waals surface area contributed by atoms with Gasteiger partial charge in [-0.1, -0.05) is 29.8 Å².